The van der Waals surface area contributed by atoms with Crippen LogP contribution in [0.1, 0.15) is 33.3 Å². The highest BCUT2D eigenvalue weighted by Crippen LogP contribution is 2.25. The van der Waals surface area contributed by atoms with Gasteiger partial charge in [-0.15, -0.1) is 0 Å². The Labute approximate surface area is 110 Å². The van der Waals surface area contributed by atoms with Gasteiger partial charge in [0.1, 0.15) is 0 Å². The molecule has 0 aliphatic rings. The number of hydrogen-bond donors (Lipinski definition) is 1. The molecule has 0 spiro atoms. The third kappa shape index (κ3) is 2.84. The van der Waals surface area contributed by atoms with Crippen molar-refractivity contribution in [3.8, 4) is 0 Å². The first kappa shape index (κ1) is 15.0. The maximum Gasteiger partial charge on any atom is 0.243 e. The molecule has 0 bridgehead atoms. The Balaban J connectivity index is 3.36. The van der Waals surface area contributed by atoms with Gasteiger partial charge in [0.25, 0.3) is 0 Å². The molecule has 0 fully saturated rings. The molecule has 0 aromatic heterocycles. The van der Waals surface area contributed by atoms with Crippen LogP contribution in [0.4, 0.5) is 5.69 Å². The Morgan fingerprint density at radius 1 is 1.11 bits per heavy atom. The zero-order chi connectivity index (χ0) is 14.1. The van der Waals surface area contributed by atoms with E-state index in [9.17, 15) is 8.42 Å². The SMILES string of the molecule is Cc1cc(N)ccc1S(=O)(=O)N(C(C)C)C(C)C. The summed E-state index contributed by atoms with van der Waals surface area (Å²) in [5, 5.41) is 0. The summed E-state index contributed by atoms with van der Waals surface area (Å²) in [4.78, 5) is 0.332. The number of nitrogen functional groups attached to an aromatic ring is 1. The molecule has 0 saturated heterocycles. The number of benzene rings is 1. The highest BCUT2D eigenvalue weighted by Gasteiger charge is 2.30. The van der Waals surface area contributed by atoms with Gasteiger partial charge in [-0.05, 0) is 58.4 Å². The number of sulfonamides is 1. The van der Waals surface area contributed by atoms with Crippen LogP contribution in [-0.2, 0) is 10.0 Å². The fourth-order valence-electron chi connectivity index (χ4n) is 2.23. The van der Waals surface area contributed by atoms with E-state index in [4.69, 9.17) is 5.73 Å². The van der Waals surface area contributed by atoms with Gasteiger partial charge in [-0.25, -0.2) is 8.42 Å². The van der Waals surface area contributed by atoms with E-state index in [1.807, 2.05) is 27.7 Å². The number of rotatable bonds is 4. The highest BCUT2D eigenvalue weighted by molar-refractivity contribution is 7.89. The van der Waals surface area contributed by atoms with Crippen LogP contribution in [0, 0.1) is 6.92 Å². The van der Waals surface area contributed by atoms with Gasteiger partial charge in [-0.3, -0.25) is 0 Å². The van der Waals surface area contributed by atoms with Crippen molar-refractivity contribution in [2.45, 2.75) is 51.6 Å². The topological polar surface area (TPSA) is 63.4 Å². The zero-order valence-electron chi connectivity index (χ0n) is 11.6. The number of aryl methyl sites for hydroxylation is 1. The Morgan fingerprint density at radius 3 is 2.00 bits per heavy atom. The Hall–Kier alpha value is -1.07. The quantitative estimate of drug-likeness (QED) is 0.854. The second-order valence-electron chi connectivity index (χ2n) is 5.05. The lowest BCUT2D eigenvalue weighted by molar-refractivity contribution is 0.302. The van der Waals surface area contributed by atoms with Gasteiger partial charge in [0, 0.05) is 17.8 Å². The lowest BCUT2D eigenvalue weighted by Crippen LogP contribution is -2.42. The van der Waals surface area contributed by atoms with E-state index < -0.39 is 10.0 Å². The smallest absolute Gasteiger partial charge is 0.243 e. The summed E-state index contributed by atoms with van der Waals surface area (Å²) in [6.45, 7) is 9.28. The molecule has 0 unspecified atom stereocenters. The summed E-state index contributed by atoms with van der Waals surface area (Å²) >= 11 is 0. The second kappa shape index (κ2) is 5.28. The van der Waals surface area contributed by atoms with Gasteiger partial charge >= 0.3 is 0 Å². The number of nitrogens with zero attached hydrogens (tertiary/aromatic N) is 1. The maximum absolute atomic E-state index is 12.6. The molecule has 5 heteroatoms. The molecule has 102 valence electrons. The predicted octanol–water partition coefficient (Wildman–Crippen LogP) is 2.38. The van der Waals surface area contributed by atoms with Gasteiger partial charge in [0.05, 0.1) is 4.90 Å². The predicted molar refractivity (Wildman–Crippen MR) is 74.9 cm³/mol. The summed E-state index contributed by atoms with van der Waals surface area (Å²) in [5.74, 6) is 0. The van der Waals surface area contributed by atoms with E-state index in [-0.39, 0.29) is 12.1 Å². The third-order valence-electron chi connectivity index (χ3n) is 2.77. The third-order valence-corrected chi connectivity index (χ3v) is 5.18. The van der Waals surface area contributed by atoms with Crippen LogP contribution in [0.3, 0.4) is 0 Å². The molecule has 0 atom stereocenters. The summed E-state index contributed by atoms with van der Waals surface area (Å²) in [7, 11) is -3.47. The van der Waals surface area contributed by atoms with Crippen molar-refractivity contribution in [3.63, 3.8) is 0 Å². The minimum absolute atomic E-state index is 0.0769. The van der Waals surface area contributed by atoms with Crippen molar-refractivity contribution in [2.75, 3.05) is 5.73 Å². The summed E-state index contributed by atoms with van der Waals surface area (Å²) < 4.78 is 26.8. The lowest BCUT2D eigenvalue weighted by atomic mass is 10.2. The van der Waals surface area contributed by atoms with E-state index in [0.29, 0.717) is 16.1 Å². The molecule has 0 aliphatic heterocycles. The average molecular weight is 270 g/mol. The standard InChI is InChI=1S/C13H22N2O2S/c1-9(2)15(10(3)4)18(16,17)13-7-6-12(14)8-11(13)5/h6-10H,14H2,1-5H3. The van der Waals surface area contributed by atoms with E-state index in [0.717, 1.165) is 0 Å². The molecule has 18 heavy (non-hydrogen) atoms. The molecular formula is C13H22N2O2S. The summed E-state index contributed by atoms with van der Waals surface area (Å²) in [5.41, 5.74) is 6.92. The molecule has 1 aromatic carbocycles. The van der Waals surface area contributed by atoms with Crippen molar-refractivity contribution < 1.29 is 8.42 Å². The Kier molecular flexibility index (Phi) is 4.40. The molecule has 0 amide bonds. The van der Waals surface area contributed by atoms with Crippen molar-refractivity contribution >= 4 is 15.7 Å². The molecule has 0 saturated carbocycles. The van der Waals surface area contributed by atoms with Crippen molar-refractivity contribution in [1.82, 2.24) is 4.31 Å². The molecule has 0 heterocycles. The minimum atomic E-state index is -3.47. The highest BCUT2D eigenvalue weighted by atomic mass is 32.2. The summed E-state index contributed by atoms with van der Waals surface area (Å²) in [6, 6.07) is 4.74. The monoisotopic (exact) mass is 270 g/mol. The van der Waals surface area contributed by atoms with Crippen LogP contribution in [0.2, 0.25) is 0 Å². The normalized spacial score (nSPS) is 12.7. The first-order valence-corrected chi connectivity index (χ1v) is 7.51. The number of nitrogens with two attached hydrogens (primary N) is 1. The first-order valence-electron chi connectivity index (χ1n) is 6.07. The van der Waals surface area contributed by atoms with E-state index in [1.54, 1.807) is 25.1 Å². The molecule has 0 radical (unpaired) electrons. The van der Waals surface area contributed by atoms with E-state index >= 15 is 0 Å². The fourth-order valence-corrected chi connectivity index (χ4v) is 4.27. The largest absolute Gasteiger partial charge is 0.399 e. The van der Waals surface area contributed by atoms with Crippen LogP contribution < -0.4 is 5.73 Å². The van der Waals surface area contributed by atoms with Gasteiger partial charge < -0.3 is 5.73 Å². The van der Waals surface area contributed by atoms with Crippen molar-refractivity contribution in [2.24, 2.45) is 0 Å². The first-order chi connectivity index (χ1) is 8.17. The van der Waals surface area contributed by atoms with Gasteiger partial charge in [0.15, 0.2) is 0 Å². The van der Waals surface area contributed by atoms with Crippen LogP contribution in [0.25, 0.3) is 0 Å². The number of anilines is 1. The molecule has 4 nitrogen and oxygen atoms in total. The maximum atomic E-state index is 12.6. The molecule has 1 rings (SSSR count). The van der Waals surface area contributed by atoms with Gasteiger partial charge in [-0.2, -0.15) is 4.31 Å². The molecule has 0 aliphatic carbocycles. The van der Waals surface area contributed by atoms with E-state index in [2.05, 4.69) is 0 Å². The average Bonchev–Trinajstić information content (AvgIpc) is 2.13. The summed E-state index contributed by atoms with van der Waals surface area (Å²) in [6.07, 6.45) is 0. The lowest BCUT2D eigenvalue weighted by Gasteiger charge is -2.30. The zero-order valence-corrected chi connectivity index (χ0v) is 12.5. The second-order valence-corrected chi connectivity index (χ2v) is 6.86. The minimum Gasteiger partial charge on any atom is -0.399 e. The Bertz CT molecular complexity index is 514. The van der Waals surface area contributed by atoms with Crippen LogP contribution >= 0.6 is 0 Å². The van der Waals surface area contributed by atoms with Gasteiger partial charge in [0.2, 0.25) is 10.0 Å². The van der Waals surface area contributed by atoms with Crippen LogP contribution in [0.5, 0.6) is 0 Å². The van der Waals surface area contributed by atoms with Crippen molar-refractivity contribution in [1.29, 1.82) is 0 Å². The Morgan fingerprint density at radius 2 is 1.61 bits per heavy atom. The number of hydrogen-bond acceptors (Lipinski definition) is 3. The van der Waals surface area contributed by atoms with Crippen LogP contribution in [-0.4, -0.2) is 24.8 Å². The molecule has 1 aromatic rings. The molecular weight excluding hydrogens is 248 g/mol. The van der Waals surface area contributed by atoms with Crippen LogP contribution in [0.15, 0.2) is 23.1 Å². The fraction of sp³-hybridized carbons (Fsp3) is 0.538. The molecule has 2 N–H and O–H groups in total. The van der Waals surface area contributed by atoms with Gasteiger partial charge in [-0.1, -0.05) is 0 Å². The van der Waals surface area contributed by atoms with E-state index in [1.165, 1.54) is 4.31 Å². The van der Waals surface area contributed by atoms with Crippen molar-refractivity contribution in [3.05, 3.63) is 23.8 Å².